The Hall–Kier alpha value is -3.29. The van der Waals surface area contributed by atoms with E-state index in [4.69, 9.17) is 4.74 Å². The maximum atomic E-state index is 13.4. The molecule has 32 heavy (non-hydrogen) atoms. The molecule has 2 aromatic heterocycles. The van der Waals surface area contributed by atoms with Crippen molar-refractivity contribution < 1.29 is 9.84 Å². The average Bonchev–Trinajstić information content (AvgIpc) is 3.34. The highest BCUT2D eigenvalue weighted by Gasteiger charge is 2.27. The standard InChI is InChI=1S/C25H26N4O3/c1-16-17(2)24-21(25(31)28(15-26-24)22-14-32-11-8-23(22)30)13-19(16)12-18-4-6-20(7-5-18)29-10-3-9-27-29/h3-7,9-10,13,15,22-23,30H,8,11-12,14H2,1-2H3/t22-,23-/m0/s1. The van der Waals surface area contributed by atoms with E-state index in [2.05, 4.69) is 29.1 Å². The molecule has 164 valence electrons. The van der Waals surface area contributed by atoms with Gasteiger partial charge in [-0.1, -0.05) is 12.1 Å². The lowest BCUT2D eigenvalue weighted by Gasteiger charge is -2.29. The van der Waals surface area contributed by atoms with E-state index in [1.165, 1.54) is 4.57 Å². The number of rotatable bonds is 4. The van der Waals surface area contributed by atoms with Crippen molar-refractivity contribution in [1.82, 2.24) is 19.3 Å². The van der Waals surface area contributed by atoms with E-state index in [0.29, 0.717) is 37.0 Å². The second-order valence-corrected chi connectivity index (χ2v) is 8.43. The van der Waals surface area contributed by atoms with Crippen molar-refractivity contribution in [2.24, 2.45) is 0 Å². The molecule has 3 heterocycles. The van der Waals surface area contributed by atoms with E-state index in [1.54, 1.807) is 12.5 Å². The summed E-state index contributed by atoms with van der Waals surface area (Å²) < 4.78 is 8.86. The summed E-state index contributed by atoms with van der Waals surface area (Å²) in [5.74, 6) is 0. The van der Waals surface area contributed by atoms with Crippen LogP contribution in [0.5, 0.6) is 0 Å². The number of hydrogen-bond donors (Lipinski definition) is 1. The van der Waals surface area contributed by atoms with Crippen LogP contribution in [-0.2, 0) is 11.2 Å². The Morgan fingerprint density at radius 3 is 2.72 bits per heavy atom. The van der Waals surface area contributed by atoms with Crippen LogP contribution in [0.4, 0.5) is 0 Å². The number of aliphatic hydroxyl groups excluding tert-OH is 1. The van der Waals surface area contributed by atoms with E-state index < -0.39 is 12.1 Å². The molecule has 0 radical (unpaired) electrons. The van der Waals surface area contributed by atoms with Gasteiger partial charge in [-0.3, -0.25) is 9.36 Å². The van der Waals surface area contributed by atoms with Gasteiger partial charge in [-0.05, 0) is 73.2 Å². The molecule has 1 aliphatic rings. The third-order valence-electron chi connectivity index (χ3n) is 6.50. The molecule has 1 saturated heterocycles. The lowest BCUT2D eigenvalue weighted by atomic mass is 9.94. The van der Waals surface area contributed by atoms with Crippen molar-refractivity contribution in [3.8, 4) is 5.69 Å². The number of fused-ring (bicyclic) bond motifs is 1. The van der Waals surface area contributed by atoms with Gasteiger partial charge in [0.1, 0.15) is 0 Å². The zero-order valence-corrected chi connectivity index (χ0v) is 18.2. The van der Waals surface area contributed by atoms with Crippen LogP contribution in [0.15, 0.2) is 59.9 Å². The van der Waals surface area contributed by atoms with Crippen LogP contribution in [0.3, 0.4) is 0 Å². The molecule has 0 aliphatic carbocycles. The number of aromatic nitrogens is 4. The zero-order valence-electron chi connectivity index (χ0n) is 18.2. The predicted octanol–water partition coefficient (Wildman–Crippen LogP) is 3.11. The fourth-order valence-corrected chi connectivity index (χ4v) is 4.42. The SMILES string of the molecule is Cc1c(Cc2ccc(-n3cccn3)cc2)cc2c(=O)n([C@H]3COCC[C@@H]3O)cnc2c1C. The Balaban J connectivity index is 1.52. The Kier molecular flexibility index (Phi) is 5.36. The average molecular weight is 431 g/mol. The molecule has 1 fully saturated rings. The molecular formula is C25H26N4O3. The monoisotopic (exact) mass is 430 g/mol. The van der Waals surface area contributed by atoms with Crippen molar-refractivity contribution in [1.29, 1.82) is 0 Å². The molecule has 0 unspecified atom stereocenters. The van der Waals surface area contributed by atoms with Gasteiger partial charge in [0.05, 0.1) is 41.7 Å². The lowest BCUT2D eigenvalue weighted by Crippen LogP contribution is -2.39. The van der Waals surface area contributed by atoms with Crippen molar-refractivity contribution in [3.63, 3.8) is 0 Å². The largest absolute Gasteiger partial charge is 0.391 e. The fourth-order valence-electron chi connectivity index (χ4n) is 4.42. The molecular weight excluding hydrogens is 404 g/mol. The smallest absolute Gasteiger partial charge is 0.261 e. The van der Waals surface area contributed by atoms with Gasteiger partial charge in [0, 0.05) is 19.0 Å². The van der Waals surface area contributed by atoms with Crippen LogP contribution in [0.2, 0.25) is 0 Å². The minimum absolute atomic E-state index is 0.136. The van der Waals surface area contributed by atoms with Gasteiger partial charge < -0.3 is 9.84 Å². The summed E-state index contributed by atoms with van der Waals surface area (Å²) in [6.07, 6.45) is 5.84. The Morgan fingerprint density at radius 2 is 2.00 bits per heavy atom. The third kappa shape index (κ3) is 3.63. The van der Waals surface area contributed by atoms with Crippen LogP contribution in [0.25, 0.3) is 16.6 Å². The molecule has 0 amide bonds. The van der Waals surface area contributed by atoms with E-state index in [0.717, 1.165) is 27.9 Å². The van der Waals surface area contributed by atoms with Crippen molar-refractivity contribution in [2.45, 2.75) is 38.8 Å². The number of ether oxygens (including phenoxy) is 1. The van der Waals surface area contributed by atoms with Gasteiger partial charge >= 0.3 is 0 Å². The molecule has 7 heteroatoms. The molecule has 7 nitrogen and oxygen atoms in total. The second kappa shape index (κ2) is 8.33. The molecule has 2 atom stereocenters. The van der Waals surface area contributed by atoms with Crippen LogP contribution >= 0.6 is 0 Å². The zero-order chi connectivity index (χ0) is 22.2. The summed E-state index contributed by atoms with van der Waals surface area (Å²) in [5, 5.41) is 15.2. The van der Waals surface area contributed by atoms with Crippen LogP contribution in [0.1, 0.15) is 34.7 Å². The Bertz CT molecular complexity index is 1310. The van der Waals surface area contributed by atoms with Gasteiger partial charge in [0.25, 0.3) is 5.56 Å². The quantitative estimate of drug-likeness (QED) is 0.538. The first kappa shape index (κ1) is 20.6. The number of hydrogen-bond acceptors (Lipinski definition) is 5. The van der Waals surface area contributed by atoms with E-state index >= 15 is 0 Å². The molecule has 1 N–H and O–H groups in total. The van der Waals surface area contributed by atoms with Gasteiger partial charge in [0.15, 0.2) is 0 Å². The van der Waals surface area contributed by atoms with Crippen LogP contribution < -0.4 is 5.56 Å². The molecule has 0 saturated carbocycles. The van der Waals surface area contributed by atoms with E-state index in [9.17, 15) is 9.90 Å². The minimum atomic E-state index is -0.611. The first-order chi connectivity index (χ1) is 15.5. The summed E-state index contributed by atoms with van der Waals surface area (Å²) in [6, 6.07) is 11.7. The minimum Gasteiger partial charge on any atom is -0.391 e. The number of aryl methyl sites for hydroxylation is 1. The van der Waals surface area contributed by atoms with Crippen molar-refractivity contribution in [3.05, 3.63) is 87.7 Å². The molecule has 2 aromatic carbocycles. The van der Waals surface area contributed by atoms with Crippen LogP contribution in [-0.4, -0.2) is 43.8 Å². The summed E-state index contributed by atoms with van der Waals surface area (Å²) in [5.41, 5.74) is 5.98. The summed E-state index contributed by atoms with van der Waals surface area (Å²) in [4.78, 5) is 18.0. The first-order valence-electron chi connectivity index (χ1n) is 10.9. The molecule has 5 rings (SSSR count). The normalized spacial score (nSPS) is 18.8. The molecule has 1 aliphatic heterocycles. The maximum absolute atomic E-state index is 13.4. The first-order valence-corrected chi connectivity index (χ1v) is 10.9. The highest BCUT2D eigenvalue weighted by Crippen LogP contribution is 2.25. The van der Waals surface area contributed by atoms with Crippen molar-refractivity contribution >= 4 is 10.9 Å². The molecule has 0 spiro atoms. The Morgan fingerprint density at radius 1 is 1.19 bits per heavy atom. The summed E-state index contributed by atoms with van der Waals surface area (Å²) >= 11 is 0. The number of nitrogens with zero attached hydrogens (tertiary/aromatic N) is 4. The van der Waals surface area contributed by atoms with Gasteiger partial charge in [-0.25, -0.2) is 9.67 Å². The second-order valence-electron chi connectivity index (χ2n) is 8.43. The van der Waals surface area contributed by atoms with Gasteiger partial charge in [0.2, 0.25) is 0 Å². The third-order valence-corrected chi connectivity index (χ3v) is 6.50. The maximum Gasteiger partial charge on any atom is 0.261 e. The number of aliphatic hydroxyl groups is 1. The highest BCUT2D eigenvalue weighted by atomic mass is 16.5. The topological polar surface area (TPSA) is 82.2 Å². The Labute approximate surface area is 185 Å². The molecule has 4 aromatic rings. The summed E-state index contributed by atoms with van der Waals surface area (Å²) in [7, 11) is 0. The van der Waals surface area contributed by atoms with Crippen LogP contribution in [0, 0.1) is 13.8 Å². The fraction of sp³-hybridized carbons (Fsp3) is 0.320. The molecule has 0 bridgehead atoms. The highest BCUT2D eigenvalue weighted by molar-refractivity contribution is 5.83. The van der Waals surface area contributed by atoms with E-state index in [-0.39, 0.29) is 5.56 Å². The summed E-state index contributed by atoms with van der Waals surface area (Å²) in [6.45, 7) is 4.91. The predicted molar refractivity (Wildman–Crippen MR) is 122 cm³/mol. The van der Waals surface area contributed by atoms with Crippen molar-refractivity contribution in [2.75, 3.05) is 13.2 Å². The van der Waals surface area contributed by atoms with Gasteiger partial charge in [-0.2, -0.15) is 5.10 Å². The number of benzene rings is 2. The van der Waals surface area contributed by atoms with Gasteiger partial charge in [-0.15, -0.1) is 0 Å². The lowest BCUT2D eigenvalue weighted by molar-refractivity contribution is -0.0303. The van der Waals surface area contributed by atoms with E-state index in [1.807, 2.05) is 42.1 Å².